The van der Waals surface area contributed by atoms with E-state index in [-0.39, 0.29) is 22.6 Å². The van der Waals surface area contributed by atoms with E-state index < -0.39 is 21.7 Å². The lowest BCUT2D eigenvalue weighted by molar-refractivity contribution is 0.0964. The second-order valence-corrected chi connectivity index (χ2v) is 11.4. The zero-order chi connectivity index (χ0) is 28.9. The summed E-state index contributed by atoms with van der Waals surface area (Å²) >= 11 is 0. The number of halogens is 1. The van der Waals surface area contributed by atoms with Crippen LogP contribution in [0.4, 0.5) is 10.1 Å². The molecule has 0 aliphatic carbocycles. The van der Waals surface area contributed by atoms with Crippen LogP contribution in [0.1, 0.15) is 10.4 Å². The molecule has 6 rings (SSSR count). The summed E-state index contributed by atoms with van der Waals surface area (Å²) in [5.41, 5.74) is 3.10. The van der Waals surface area contributed by atoms with Gasteiger partial charge in [0.25, 0.3) is 5.91 Å². The van der Waals surface area contributed by atoms with Gasteiger partial charge in [-0.15, -0.1) is 0 Å². The van der Waals surface area contributed by atoms with Crippen LogP contribution in [0.5, 0.6) is 0 Å². The molecule has 6 aromatic rings. The topological polar surface area (TPSA) is 119 Å². The summed E-state index contributed by atoms with van der Waals surface area (Å²) in [6.07, 6.45) is 4.15. The van der Waals surface area contributed by atoms with E-state index in [0.29, 0.717) is 39.2 Å². The molecule has 1 amide bonds. The minimum absolute atomic E-state index is 0.213. The van der Waals surface area contributed by atoms with E-state index in [1.54, 1.807) is 18.3 Å². The van der Waals surface area contributed by atoms with Crippen LogP contribution in [-0.2, 0) is 10.0 Å². The SMILES string of the molecule is CNC(=O)c1c(-c2ccc(F)cc2)oc2cc(N(C)S(C)(=O)=O)c(-c3cncc(-c4cc5ccccc5o4)n3)cc12. The Kier molecular flexibility index (Phi) is 6.30. The van der Waals surface area contributed by atoms with Crippen molar-refractivity contribution in [3.63, 3.8) is 0 Å². The number of anilines is 1. The first-order chi connectivity index (χ1) is 19.6. The summed E-state index contributed by atoms with van der Waals surface area (Å²) < 4.78 is 52.2. The molecular weight excluding hydrogens is 547 g/mol. The Bertz CT molecular complexity index is 2030. The van der Waals surface area contributed by atoms with Crippen LogP contribution in [0, 0.1) is 5.82 Å². The molecule has 0 unspecified atom stereocenters. The van der Waals surface area contributed by atoms with Gasteiger partial charge in [-0.3, -0.25) is 14.1 Å². The molecule has 0 spiro atoms. The van der Waals surface area contributed by atoms with Gasteiger partial charge in [-0.2, -0.15) is 0 Å². The Morgan fingerprint density at radius 3 is 2.39 bits per heavy atom. The van der Waals surface area contributed by atoms with E-state index in [9.17, 15) is 17.6 Å². The Labute approximate surface area is 234 Å². The number of carbonyl (C=O) groups excluding carboxylic acids is 1. The van der Waals surface area contributed by atoms with Crippen LogP contribution in [0.3, 0.4) is 0 Å². The third-order valence-electron chi connectivity index (χ3n) is 6.79. The minimum Gasteiger partial charge on any atom is -0.455 e. The number of fused-ring (bicyclic) bond motifs is 2. The molecule has 11 heteroatoms. The average molecular weight is 571 g/mol. The van der Waals surface area contributed by atoms with Gasteiger partial charge in [-0.25, -0.2) is 17.8 Å². The summed E-state index contributed by atoms with van der Waals surface area (Å²) in [7, 11) is -0.805. The molecule has 0 saturated carbocycles. The van der Waals surface area contributed by atoms with Crippen LogP contribution >= 0.6 is 0 Å². The van der Waals surface area contributed by atoms with Crippen LogP contribution in [0.25, 0.3) is 56.0 Å². The highest BCUT2D eigenvalue weighted by Gasteiger charge is 2.26. The van der Waals surface area contributed by atoms with E-state index in [0.717, 1.165) is 15.9 Å². The molecule has 0 bridgehead atoms. The fourth-order valence-electron chi connectivity index (χ4n) is 4.65. The molecule has 3 aromatic carbocycles. The van der Waals surface area contributed by atoms with Gasteiger partial charge in [0.2, 0.25) is 10.0 Å². The number of aromatic nitrogens is 2. The van der Waals surface area contributed by atoms with Crippen LogP contribution in [0.15, 0.2) is 88.0 Å². The smallest absolute Gasteiger partial charge is 0.255 e. The maximum absolute atomic E-state index is 13.7. The van der Waals surface area contributed by atoms with Gasteiger partial charge in [0.15, 0.2) is 5.76 Å². The average Bonchev–Trinajstić information content (AvgIpc) is 3.57. The standard InChI is InChI=1S/C30H23FN4O5S/c1-32-30(36)28-21-13-20(22-15-33-16-23(34-22)27-12-18-6-4-5-7-25(18)39-27)24(35(2)41(3,37)38)14-26(21)40-29(28)17-8-10-19(31)11-9-17/h4-16H,1-3H3,(H,32,36). The number of hydrogen-bond donors (Lipinski definition) is 1. The fourth-order valence-corrected chi connectivity index (χ4v) is 5.16. The number of sulfonamides is 1. The first-order valence-corrected chi connectivity index (χ1v) is 14.3. The molecule has 0 radical (unpaired) electrons. The minimum atomic E-state index is -3.71. The molecule has 206 valence electrons. The van der Waals surface area contributed by atoms with Crippen molar-refractivity contribution in [2.24, 2.45) is 0 Å². The normalized spacial score (nSPS) is 11.7. The number of rotatable bonds is 6. The van der Waals surface area contributed by atoms with Gasteiger partial charge in [-0.05, 0) is 42.5 Å². The highest BCUT2D eigenvalue weighted by molar-refractivity contribution is 7.92. The Morgan fingerprint density at radius 2 is 1.68 bits per heavy atom. The van der Waals surface area contributed by atoms with Gasteiger partial charge in [0.05, 0.1) is 35.6 Å². The van der Waals surface area contributed by atoms with Crippen LogP contribution in [-0.4, -0.2) is 44.6 Å². The molecular formula is C30H23FN4O5S. The number of hydrogen-bond acceptors (Lipinski definition) is 7. The molecule has 9 nitrogen and oxygen atoms in total. The van der Waals surface area contributed by atoms with E-state index in [4.69, 9.17) is 13.8 Å². The zero-order valence-electron chi connectivity index (χ0n) is 22.2. The summed E-state index contributed by atoms with van der Waals surface area (Å²) in [6, 6.07) is 18.1. The van der Waals surface area contributed by atoms with E-state index >= 15 is 0 Å². The summed E-state index contributed by atoms with van der Waals surface area (Å²) in [6.45, 7) is 0. The first-order valence-electron chi connectivity index (χ1n) is 12.5. The van der Waals surface area contributed by atoms with Crippen molar-refractivity contribution in [2.45, 2.75) is 0 Å². The third kappa shape index (κ3) is 4.70. The maximum Gasteiger partial charge on any atom is 0.255 e. The largest absolute Gasteiger partial charge is 0.455 e. The number of carbonyl (C=O) groups is 1. The highest BCUT2D eigenvalue weighted by atomic mass is 32.2. The molecule has 0 atom stereocenters. The highest BCUT2D eigenvalue weighted by Crippen LogP contribution is 2.41. The van der Waals surface area contributed by atoms with Crippen molar-refractivity contribution in [1.82, 2.24) is 15.3 Å². The van der Waals surface area contributed by atoms with Gasteiger partial charge < -0.3 is 14.2 Å². The second-order valence-electron chi connectivity index (χ2n) is 9.43. The van der Waals surface area contributed by atoms with E-state index in [1.807, 2.05) is 30.3 Å². The molecule has 3 heterocycles. The Balaban J connectivity index is 1.61. The van der Waals surface area contributed by atoms with Gasteiger partial charge in [0.1, 0.15) is 28.4 Å². The molecule has 0 aliphatic rings. The fraction of sp³-hybridized carbons (Fsp3) is 0.100. The number of nitrogens with one attached hydrogen (secondary N) is 1. The lowest BCUT2D eigenvalue weighted by Gasteiger charge is -2.20. The first kappa shape index (κ1) is 26.2. The lowest BCUT2D eigenvalue weighted by atomic mass is 10.0. The molecule has 41 heavy (non-hydrogen) atoms. The maximum atomic E-state index is 13.7. The molecule has 0 fully saturated rings. The zero-order valence-corrected chi connectivity index (χ0v) is 23.0. The number of nitrogens with zero attached hydrogens (tertiary/aromatic N) is 3. The van der Waals surface area contributed by atoms with Crippen molar-refractivity contribution >= 4 is 43.6 Å². The molecule has 0 aliphatic heterocycles. The van der Waals surface area contributed by atoms with E-state index in [2.05, 4.69) is 10.3 Å². The number of furan rings is 2. The van der Waals surface area contributed by atoms with Crippen molar-refractivity contribution in [3.8, 4) is 34.0 Å². The van der Waals surface area contributed by atoms with Crippen LogP contribution in [0.2, 0.25) is 0 Å². The second kappa shape index (κ2) is 9.86. The summed E-state index contributed by atoms with van der Waals surface area (Å²) in [5, 5.41) is 3.94. The number of para-hydroxylation sites is 1. The summed E-state index contributed by atoms with van der Waals surface area (Å²) in [4.78, 5) is 22.2. The van der Waals surface area contributed by atoms with Crippen molar-refractivity contribution in [3.05, 3.63) is 90.5 Å². The quantitative estimate of drug-likeness (QED) is 0.266. The van der Waals surface area contributed by atoms with Gasteiger partial charge in [-0.1, -0.05) is 18.2 Å². The van der Waals surface area contributed by atoms with Crippen molar-refractivity contribution in [2.75, 3.05) is 24.7 Å². The number of benzene rings is 3. The lowest BCUT2D eigenvalue weighted by Crippen LogP contribution is -2.25. The molecule has 1 N–H and O–H groups in total. The van der Waals surface area contributed by atoms with Crippen molar-refractivity contribution in [1.29, 1.82) is 0 Å². The molecule has 0 saturated heterocycles. The predicted octanol–water partition coefficient (Wildman–Crippen LogP) is 5.86. The number of amides is 1. The predicted molar refractivity (Wildman–Crippen MR) is 154 cm³/mol. The monoisotopic (exact) mass is 570 g/mol. The third-order valence-corrected chi connectivity index (χ3v) is 7.98. The Hall–Kier alpha value is -5.03. The Morgan fingerprint density at radius 1 is 0.951 bits per heavy atom. The van der Waals surface area contributed by atoms with Gasteiger partial charge in [0, 0.05) is 42.1 Å². The van der Waals surface area contributed by atoms with Crippen molar-refractivity contribution < 1.29 is 26.4 Å². The molecule has 3 aromatic heterocycles. The van der Waals surface area contributed by atoms with Gasteiger partial charge >= 0.3 is 0 Å². The van der Waals surface area contributed by atoms with Crippen LogP contribution < -0.4 is 9.62 Å². The van der Waals surface area contributed by atoms with E-state index in [1.165, 1.54) is 44.6 Å². The summed E-state index contributed by atoms with van der Waals surface area (Å²) in [5.74, 6) is -0.159.